The lowest BCUT2D eigenvalue weighted by Gasteiger charge is -2.16. The number of nitrogens with zero attached hydrogens (tertiary/aromatic N) is 2. The number of hydrogen-bond acceptors (Lipinski definition) is 5. The number of halogens is 3. The second kappa shape index (κ2) is 8.50. The van der Waals surface area contributed by atoms with Crippen molar-refractivity contribution in [2.24, 2.45) is 0 Å². The average Bonchev–Trinajstić information content (AvgIpc) is 3.44. The zero-order valence-corrected chi connectivity index (χ0v) is 17.2. The second-order valence-corrected chi connectivity index (χ2v) is 8.22. The molecule has 0 spiro atoms. The normalized spacial score (nSPS) is 14.0. The Hall–Kier alpha value is -3.20. The maximum atomic E-state index is 12.8. The van der Waals surface area contributed by atoms with Gasteiger partial charge in [-0.1, -0.05) is 12.1 Å². The molecule has 3 heterocycles. The van der Waals surface area contributed by atoms with E-state index < -0.39 is 17.6 Å². The van der Waals surface area contributed by atoms with Crippen molar-refractivity contribution in [3.63, 3.8) is 0 Å². The predicted octanol–water partition coefficient (Wildman–Crippen LogP) is 5.68. The third-order valence-electron chi connectivity index (χ3n) is 5.06. The number of carbonyl (C=O) groups excluding carboxylic acids is 1. The zero-order chi connectivity index (χ0) is 22.0. The molecule has 1 amide bonds. The highest BCUT2D eigenvalue weighted by molar-refractivity contribution is 7.17. The topological polar surface area (TPSA) is 69.1 Å². The molecule has 1 fully saturated rings. The van der Waals surface area contributed by atoms with Gasteiger partial charge in [-0.15, -0.1) is 11.3 Å². The molecule has 1 aromatic carbocycles. The van der Waals surface area contributed by atoms with E-state index in [2.05, 4.69) is 15.2 Å². The number of thiophene rings is 1. The third kappa shape index (κ3) is 4.61. The first-order valence-corrected chi connectivity index (χ1v) is 10.5. The molecule has 5 nitrogen and oxygen atoms in total. The molecule has 1 saturated heterocycles. The van der Waals surface area contributed by atoms with Gasteiger partial charge < -0.3 is 15.6 Å². The molecule has 0 atom stereocenters. The lowest BCUT2D eigenvalue weighted by atomic mass is 10.1. The lowest BCUT2D eigenvalue weighted by Crippen LogP contribution is -2.19. The summed E-state index contributed by atoms with van der Waals surface area (Å²) in [5.74, 6) is 0.480. The van der Waals surface area contributed by atoms with E-state index in [9.17, 15) is 18.0 Å². The van der Waals surface area contributed by atoms with Crippen LogP contribution in [-0.4, -0.2) is 30.2 Å². The maximum Gasteiger partial charge on any atom is 0.416 e. The fourth-order valence-electron chi connectivity index (χ4n) is 3.44. The first-order chi connectivity index (χ1) is 14.8. The van der Waals surface area contributed by atoms with E-state index >= 15 is 0 Å². The summed E-state index contributed by atoms with van der Waals surface area (Å²) in [5, 5.41) is 10.4. The van der Waals surface area contributed by atoms with E-state index in [0.29, 0.717) is 26.6 Å². The van der Waals surface area contributed by atoms with Crippen LogP contribution in [0.25, 0.3) is 10.4 Å². The third-order valence-corrected chi connectivity index (χ3v) is 6.25. The van der Waals surface area contributed by atoms with Gasteiger partial charge in [0.1, 0.15) is 10.7 Å². The first kappa shape index (κ1) is 21.0. The van der Waals surface area contributed by atoms with Crippen LogP contribution in [0, 0.1) is 5.41 Å². The summed E-state index contributed by atoms with van der Waals surface area (Å²) in [6.07, 6.45) is 0.545. The quantitative estimate of drug-likeness (QED) is 0.498. The summed E-state index contributed by atoms with van der Waals surface area (Å²) in [4.78, 5) is 20.3. The Morgan fingerprint density at radius 2 is 1.84 bits per heavy atom. The Balaban J connectivity index is 1.52. The maximum absolute atomic E-state index is 12.8. The Morgan fingerprint density at radius 3 is 2.42 bits per heavy atom. The summed E-state index contributed by atoms with van der Waals surface area (Å²) in [7, 11) is 0. The van der Waals surface area contributed by atoms with Crippen LogP contribution in [0.1, 0.15) is 33.6 Å². The summed E-state index contributed by atoms with van der Waals surface area (Å²) >= 11 is 1.13. The van der Waals surface area contributed by atoms with Gasteiger partial charge in [-0.25, -0.2) is 4.98 Å². The van der Waals surface area contributed by atoms with E-state index in [1.54, 1.807) is 18.3 Å². The Morgan fingerprint density at radius 1 is 1.13 bits per heavy atom. The van der Waals surface area contributed by atoms with Crippen LogP contribution in [0.4, 0.5) is 24.7 Å². The number of anilines is 2. The van der Waals surface area contributed by atoms with Crippen LogP contribution in [0.15, 0.2) is 48.7 Å². The second-order valence-electron chi connectivity index (χ2n) is 7.17. The van der Waals surface area contributed by atoms with Crippen molar-refractivity contribution in [3.8, 4) is 10.4 Å². The minimum atomic E-state index is -4.41. The molecule has 0 unspecified atom stereocenters. The standard InChI is InChI=1S/C22H19F3N4OS/c23-22(24,25)16-5-3-14(4-6-16)18-11-15(12-26)20(31-18)21(30)28-17-7-8-19(27-13-17)29-9-1-2-10-29/h3-8,11-13,26H,1-2,9-10H2,(H,28,30). The molecule has 3 aromatic rings. The summed E-state index contributed by atoms with van der Waals surface area (Å²) in [5.41, 5.74) is 0.757. The van der Waals surface area contributed by atoms with Gasteiger partial charge in [0, 0.05) is 29.7 Å². The summed E-state index contributed by atoms with van der Waals surface area (Å²) in [6.45, 7) is 1.95. The SMILES string of the molecule is N=Cc1cc(-c2ccc(C(F)(F)F)cc2)sc1C(=O)Nc1ccc(N2CCCC2)nc1. The summed E-state index contributed by atoms with van der Waals surface area (Å²) in [6, 6.07) is 10.0. The molecule has 0 saturated carbocycles. The number of rotatable bonds is 5. The van der Waals surface area contributed by atoms with Crippen LogP contribution in [0.3, 0.4) is 0 Å². The van der Waals surface area contributed by atoms with Crippen molar-refractivity contribution in [2.75, 3.05) is 23.3 Å². The molecule has 2 aromatic heterocycles. The molecule has 0 bridgehead atoms. The molecule has 1 aliphatic heterocycles. The van der Waals surface area contributed by atoms with Crippen LogP contribution in [-0.2, 0) is 6.18 Å². The van der Waals surface area contributed by atoms with E-state index in [0.717, 1.165) is 61.4 Å². The predicted molar refractivity (Wildman–Crippen MR) is 116 cm³/mol. The van der Waals surface area contributed by atoms with Crippen molar-refractivity contribution in [3.05, 3.63) is 64.7 Å². The molecule has 160 valence electrons. The number of amides is 1. The molecular formula is C22H19F3N4OS. The largest absolute Gasteiger partial charge is 0.416 e. The van der Waals surface area contributed by atoms with E-state index in [4.69, 9.17) is 5.41 Å². The van der Waals surface area contributed by atoms with E-state index in [-0.39, 0.29) is 0 Å². The number of hydrogen-bond donors (Lipinski definition) is 2. The van der Waals surface area contributed by atoms with Crippen LogP contribution >= 0.6 is 11.3 Å². The lowest BCUT2D eigenvalue weighted by molar-refractivity contribution is -0.137. The Kier molecular flexibility index (Phi) is 5.77. The van der Waals surface area contributed by atoms with Gasteiger partial charge in [-0.2, -0.15) is 13.2 Å². The van der Waals surface area contributed by atoms with Gasteiger partial charge >= 0.3 is 6.18 Å². The monoisotopic (exact) mass is 444 g/mol. The highest BCUT2D eigenvalue weighted by atomic mass is 32.1. The van der Waals surface area contributed by atoms with Crippen LogP contribution < -0.4 is 10.2 Å². The van der Waals surface area contributed by atoms with Gasteiger partial charge in [0.05, 0.1) is 17.4 Å². The van der Waals surface area contributed by atoms with Crippen molar-refractivity contribution in [1.29, 1.82) is 5.41 Å². The minimum Gasteiger partial charge on any atom is -0.357 e. The number of aromatic nitrogens is 1. The fourth-order valence-corrected chi connectivity index (χ4v) is 4.48. The number of alkyl halides is 3. The van der Waals surface area contributed by atoms with Crippen LogP contribution in [0.5, 0.6) is 0 Å². The highest BCUT2D eigenvalue weighted by Gasteiger charge is 2.30. The summed E-state index contributed by atoms with van der Waals surface area (Å²) < 4.78 is 38.3. The van der Waals surface area contributed by atoms with E-state index in [1.165, 1.54) is 12.1 Å². The van der Waals surface area contributed by atoms with Gasteiger partial charge in [0.2, 0.25) is 0 Å². The smallest absolute Gasteiger partial charge is 0.357 e. The minimum absolute atomic E-state index is 0.313. The number of pyridine rings is 1. The van der Waals surface area contributed by atoms with Gasteiger partial charge in [-0.3, -0.25) is 4.79 Å². The number of nitrogens with one attached hydrogen (secondary N) is 2. The Labute approximate surface area is 181 Å². The number of carbonyl (C=O) groups is 1. The average molecular weight is 444 g/mol. The Bertz CT molecular complexity index is 1090. The molecule has 31 heavy (non-hydrogen) atoms. The van der Waals surface area contributed by atoms with Gasteiger partial charge in [0.25, 0.3) is 5.91 Å². The molecule has 0 aliphatic carbocycles. The molecule has 9 heteroatoms. The molecular weight excluding hydrogens is 425 g/mol. The van der Waals surface area contributed by atoms with Crippen LogP contribution in [0.2, 0.25) is 0 Å². The van der Waals surface area contributed by atoms with Crippen molar-refractivity contribution >= 4 is 35.0 Å². The fraction of sp³-hybridized carbons (Fsp3) is 0.227. The molecule has 1 aliphatic rings. The van der Waals surface area contributed by atoms with Crippen molar-refractivity contribution in [2.45, 2.75) is 19.0 Å². The highest BCUT2D eigenvalue weighted by Crippen LogP contribution is 2.34. The van der Waals surface area contributed by atoms with E-state index in [1.807, 2.05) is 6.07 Å². The van der Waals surface area contributed by atoms with Crippen molar-refractivity contribution < 1.29 is 18.0 Å². The first-order valence-electron chi connectivity index (χ1n) is 9.69. The molecule has 4 rings (SSSR count). The van der Waals surface area contributed by atoms with Crippen molar-refractivity contribution in [1.82, 2.24) is 4.98 Å². The molecule has 0 radical (unpaired) electrons. The van der Waals surface area contributed by atoms with Gasteiger partial charge in [-0.05, 0) is 48.7 Å². The van der Waals surface area contributed by atoms with Gasteiger partial charge in [0.15, 0.2) is 0 Å². The molecule has 2 N–H and O–H groups in total. The zero-order valence-electron chi connectivity index (χ0n) is 16.4. The number of benzene rings is 1.